The van der Waals surface area contributed by atoms with Crippen LogP contribution < -0.4 is 10.2 Å². The maximum Gasteiger partial charge on any atom is 0.234 e. The van der Waals surface area contributed by atoms with E-state index < -0.39 is 11.6 Å². The summed E-state index contributed by atoms with van der Waals surface area (Å²) in [6.07, 6.45) is 3.93. The molecule has 0 saturated carbocycles. The Labute approximate surface area is 167 Å². The molecule has 0 bridgehead atoms. The van der Waals surface area contributed by atoms with Crippen molar-refractivity contribution in [1.82, 2.24) is 20.2 Å². The molecule has 3 rings (SSSR count). The second-order valence-electron chi connectivity index (χ2n) is 8.79. The summed E-state index contributed by atoms with van der Waals surface area (Å²) < 4.78 is 6.25. The summed E-state index contributed by atoms with van der Waals surface area (Å²) in [4.78, 5) is 25.2. The first-order chi connectivity index (χ1) is 13.1. The largest absolute Gasteiger partial charge is 0.388 e. The molecule has 2 N–H and O–H groups in total. The number of likely N-dealkylation sites (N-methyl/N-ethyl adjacent to an activating group) is 1. The van der Waals surface area contributed by atoms with Crippen LogP contribution in [0.5, 0.6) is 0 Å². The van der Waals surface area contributed by atoms with E-state index in [0.29, 0.717) is 19.6 Å². The first-order valence-electron chi connectivity index (χ1n) is 9.96. The van der Waals surface area contributed by atoms with Gasteiger partial charge in [0.1, 0.15) is 5.82 Å². The Morgan fingerprint density at radius 2 is 2.07 bits per heavy atom. The molecule has 2 fully saturated rings. The zero-order valence-corrected chi connectivity index (χ0v) is 17.7. The molecule has 8 nitrogen and oxygen atoms in total. The quantitative estimate of drug-likeness (QED) is 0.779. The van der Waals surface area contributed by atoms with Gasteiger partial charge < -0.3 is 25.0 Å². The molecule has 2 aliphatic rings. The average Bonchev–Trinajstić information content (AvgIpc) is 2.59. The summed E-state index contributed by atoms with van der Waals surface area (Å²) in [6.45, 7) is 7.99. The van der Waals surface area contributed by atoms with Gasteiger partial charge in [0.25, 0.3) is 0 Å². The third-order valence-corrected chi connectivity index (χ3v) is 5.81. The molecule has 2 atom stereocenters. The first kappa shape index (κ1) is 21.0. The number of aryl methyl sites for hydroxylation is 2. The van der Waals surface area contributed by atoms with Crippen molar-refractivity contribution in [2.45, 2.75) is 57.3 Å². The van der Waals surface area contributed by atoms with Crippen LogP contribution in [-0.4, -0.2) is 83.5 Å². The number of ether oxygens (including phenoxy) is 1. The van der Waals surface area contributed by atoms with Crippen molar-refractivity contribution in [3.05, 3.63) is 17.6 Å². The van der Waals surface area contributed by atoms with Crippen LogP contribution in [0.4, 0.5) is 5.82 Å². The number of amides is 1. The highest BCUT2D eigenvalue weighted by molar-refractivity contribution is 5.78. The van der Waals surface area contributed by atoms with Crippen molar-refractivity contribution in [2.24, 2.45) is 0 Å². The third kappa shape index (κ3) is 4.61. The predicted molar refractivity (Wildman–Crippen MR) is 107 cm³/mol. The lowest BCUT2D eigenvalue weighted by atomic mass is 9.75. The number of nitrogens with one attached hydrogen (secondary N) is 1. The Kier molecular flexibility index (Phi) is 5.93. The minimum Gasteiger partial charge on any atom is -0.388 e. The smallest absolute Gasteiger partial charge is 0.234 e. The molecule has 0 radical (unpaired) electrons. The normalized spacial score (nSPS) is 27.2. The molecule has 156 valence electrons. The highest BCUT2D eigenvalue weighted by Crippen LogP contribution is 2.40. The Bertz CT molecular complexity index is 714. The van der Waals surface area contributed by atoms with E-state index in [-0.39, 0.29) is 11.5 Å². The fourth-order valence-electron chi connectivity index (χ4n) is 4.26. The van der Waals surface area contributed by atoms with Gasteiger partial charge in [-0.1, -0.05) is 0 Å². The maximum absolute atomic E-state index is 12.1. The Hall–Kier alpha value is -1.77. The molecule has 28 heavy (non-hydrogen) atoms. The van der Waals surface area contributed by atoms with Gasteiger partial charge in [-0.15, -0.1) is 0 Å². The molecule has 0 aliphatic carbocycles. The topological polar surface area (TPSA) is 90.8 Å². The average molecular weight is 392 g/mol. The number of hydrogen-bond acceptors (Lipinski definition) is 7. The number of aliphatic hydroxyl groups is 1. The van der Waals surface area contributed by atoms with Gasteiger partial charge in [0, 0.05) is 25.7 Å². The second-order valence-corrected chi connectivity index (χ2v) is 8.79. The van der Waals surface area contributed by atoms with Crippen LogP contribution >= 0.6 is 0 Å². The van der Waals surface area contributed by atoms with Crippen LogP contribution in [-0.2, 0) is 9.53 Å². The van der Waals surface area contributed by atoms with Gasteiger partial charge in [0.2, 0.25) is 5.91 Å². The zero-order chi connectivity index (χ0) is 20.5. The summed E-state index contributed by atoms with van der Waals surface area (Å²) >= 11 is 0. The molecule has 8 heteroatoms. The molecule has 2 aliphatic heterocycles. The number of carbonyl (C=O) groups excluding carboxylic acids is 1. The summed E-state index contributed by atoms with van der Waals surface area (Å²) in [5.74, 6) is 0.837. The number of nitrogens with zero attached hydrogens (tertiary/aromatic N) is 4. The lowest BCUT2D eigenvalue weighted by Gasteiger charge is -2.51. The number of hydrogen-bond donors (Lipinski definition) is 2. The Morgan fingerprint density at radius 3 is 2.68 bits per heavy atom. The minimum absolute atomic E-state index is 0.0989. The first-order valence-corrected chi connectivity index (χ1v) is 9.96. The van der Waals surface area contributed by atoms with E-state index in [9.17, 15) is 9.90 Å². The van der Waals surface area contributed by atoms with Crippen molar-refractivity contribution in [1.29, 1.82) is 0 Å². The van der Waals surface area contributed by atoms with Crippen LogP contribution in [0.15, 0.2) is 6.20 Å². The van der Waals surface area contributed by atoms with Gasteiger partial charge in [-0.05, 0) is 47.7 Å². The van der Waals surface area contributed by atoms with Gasteiger partial charge >= 0.3 is 0 Å². The molecule has 1 spiro atoms. The SMILES string of the molecule is Cc1cnc(C)c(N2CCC3(CC2)C[C@](C)(O)[C@@H](NC(=O)CN(C)C)CO3)n1. The lowest BCUT2D eigenvalue weighted by Crippen LogP contribution is -2.64. The highest BCUT2D eigenvalue weighted by Gasteiger charge is 2.49. The van der Waals surface area contributed by atoms with Gasteiger partial charge in [0.15, 0.2) is 0 Å². The van der Waals surface area contributed by atoms with Gasteiger partial charge in [-0.2, -0.15) is 0 Å². The van der Waals surface area contributed by atoms with Crippen molar-refractivity contribution >= 4 is 11.7 Å². The van der Waals surface area contributed by atoms with E-state index in [1.807, 2.05) is 27.9 Å². The third-order valence-electron chi connectivity index (χ3n) is 5.81. The van der Waals surface area contributed by atoms with Gasteiger partial charge in [-0.3, -0.25) is 9.78 Å². The molecule has 3 heterocycles. The van der Waals surface area contributed by atoms with Crippen molar-refractivity contribution < 1.29 is 14.6 Å². The predicted octanol–water partition coefficient (Wildman–Crippen LogP) is 0.650. The lowest BCUT2D eigenvalue weighted by molar-refractivity contribution is -0.181. The fourth-order valence-corrected chi connectivity index (χ4v) is 4.26. The number of aromatic nitrogens is 2. The van der Waals surface area contributed by atoms with E-state index >= 15 is 0 Å². The van der Waals surface area contributed by atoms with Crippen molar-refractivity contribution in [2.75, 3.05) is 45.2 Å². The second kappa shape index (κ2) is 7.93. The highest BCUT2D eigenvalue weighted by atomic mass is 16.5. The molecule has 1 aromatic heterocycles. The molecule has 1 aromatic rings. The van der Waals surface area contributed by atoms with E-state index in [4.69, 9.17) is 4.74 Å². The number of rotatable bonds is 4. The fraction of sp³-hybridized carbons (Fsp3) is 0.750. The molecule has 0 aromatic carbocycles. The van der Waals surface area contributed by atoms with Crippen LogP contribution in [0.2, 0.25) is 0 Å². The van der Waals surface area contributed by atoms with Crippen LogP contribution in [0.25, 0.3) is 0 Å². The van der Waals surface area contributed by atoms with Crippen LogP contribution in [0.1, 0.15) is 37.6 Å². The Balaban J connectivity index is 1.62. The van der Waals surface area contributed by atoms with E-state index in [0.717, 1.165) is 43.1 Å². The number of carbonyl (C=O) groups is 1. The minimum atomic E-state index is -0.999. The van der Waals surface area contributed by atoms with Crippen LogP contribution in [0.3, 0.4) is 0 Å². The summed E-state index contributed by atoms with van der Waals surface area (Å²) in [7, 11) is 3.69. The summed E-state index contributed by atoms with van der Waals surface area (Å²) in [5, 5.41) is 14.0. The standard InChI is InChI=1S/C20H33N5O3/c1-14-10-21-15(2)18(22-14)25-8-6-20(7-9-25)13-19(3,27)16(12-28-20)23-17(26)11-24(4)5/h10,16,27H,6-9,11-13H2,1-5H3,(H,23,26)/t16-,19-/m0/s1. The Morgan fingerprint density at radius 1 is 1.39 bits per heavy atom. The van der Waals surface area contributed by atoms with Gasteiger partial charge in [0.05, 0.1) is 41.8 Å². The van der Waals surface area contributed by atoms with E-state index in [2.05, 4.69) is 20.2 Å². The maximum atomic E-state index is 12.1. The molecular weight excluding hydrogens is 358 g/mol. The number of anilines is 1. The summed E-state index contributed by atoms with van der Waals surface area (Å²) in [5.41, 5.74) is 0.492. The molecule has 2 saturated heterocycles. The molecule has 0 unspecified atom stereocenters. The monoisotopic (exact) mass is 391 g/mol. The van der Waals surface area contributed by atoms with E-state index in [1.54, 1.807) is 18.0 Å². The molecular formula is C20H33N5O3. The van der Waals surface area contributed by atoms with Crippen molar-refractivity contribution in [3.8, 4) is 0 Å². The van der Waals surface area contributed by atoms with E-state index in [1.165, 1.54) is 0 Å². The summed E-state index contributed by atoms with van der Waals surface area (Å²) in [6, 6.07) is -0.395. The van der Waals surface area contributed by atoms with Gasteiger partial charge in [-0.25, -0.2) is 4.98 Å². The number of piperidine rings is 1. The van der Waals surface area contributed by atoms with Crippen molar-refractivity contribution in [3.63, 3.8) is 0 Å². The zero-order valence-electron chi connectivity index (χ0n) is 17.7. The van der Waals surface area contributed by atoms with Crippen LogP contribution in [0, 0.1) is 13.8 Å². The molecule has 1 amide bonds.